The largest absolute Gasteiger partial charge is 0.492 e. The van der Waals surface area contributed by atoms with Crippen LogP contribution in [0.25, 0.3) is 0 Å². The van der Waals surface area contributed by atoms with Gasteiger partial charge in [-0.05, 0) is 49.7 Å². The van der Waals surface area contributed by atoms with Gasteiger partial charge in [-0.15, -0.1) is 0 Å². The van der Waals surface area contributed by atoms with E-state index in [1.807, 2.05) is 11.0 Å². The maximum absolute atomic E-state index is 13.7. The first kappa shape index (κ1) is 22.6. The highest BCUT2D eigenvalue weighted by Gasteiger charge is 2.44. The summed E-state index contributed by atoms with van der Waals surface area (Å²) < 4.78 is 35.2. The van der Waals surface area contributed by atoms with Crippen LogP contribution in [0.5, 0.6) is 5.75 Å². The summed E-state index contributed by atoms with van der Waals surface area (Å²) in [4.78, 5) is 14.8. The van der Waals surface area contributed by atoms with Crippen molar-refractivity contribution < 1.29 is 17.9 Å². The lowest BCUT2D eigenvalue weighted by molar-refractivity contribution is -0.134. The number of rotatable bonds is 4. The summed E-state index contributed by atoms with van der Waals surface area (Å²) in [5.74, 6) is 1.44. The highest BCUT2D eigenvalue weighted by Crippen LogP contribution is 2.40. The Morgan fingerprint density at radius 3 is 2.52 bits per heavy atom. The molecule has 2 aliphatic heterocycles. The van der Waals surface area contributed by atoms with Crippen LogP contribution in [-0.2, 0) is 14.8 Å². The molecule has 1 spiro atoms. The summed E-state index contributed by atoms with van der Waals surface area (Å²) >= 11 is 0. The SMILES string of the molecule is CC(C)CC(=O)N1CCC2(CC1)COc1ccccc1S(=O)(=O)N(CC1CCCC1)C2. The van der Waals surface area contributed by atoms with Gasteiger partial charge in [0, 0.05) is 38.0 Å². The Kier molecular flexibility index (Phi) is 6.63. The van der Waals surface area contributed by atoms with Crippen molar-refractivity contribution in [1.82, 2.24) is 9.21 Å². The Bertz CT molecular complexity index is 885. The van der Waals surface area contributed by atoms with Gasteiger partial charge in [0.1, 0.15) is 10.6 Å². The molecule has 172 valence electrons. The number of para-hydroxylation sites is 1. The monoisotopic (exact) mass is 448 g/mol. The predicted octanol–water partition coefficient (Wildman–Crippen LogP) is 3.91. The Morgan fingerprint density at radius 1 is 1.16 bits per heavy atom. The van der Waals surface area contributed by atoms with Crippen LogP contribution < -0.4 is 4.74 Å². The number of hydrogen-bond donors (Lipinski definition) is 0. The molecule has 6 nitrogen and oxygen atoms in total. The van der Waals surface area contributed by atoms with Gasteiger partial charge in [-0.2, -0.15) is 4.31 Å². The van der Waals surface area contributed by atoms with Crippen LogP contribution in [0.2, 0.25) is 0 Å². The zero-order valence-corrected chi connectivity index (χ0v) is 19.7. The van der Waals surface area contributed by atoms with Gasteiger partial charge in [-0.1, -0.05) is 38.8 Å². The number of benzene rings is 1. The molecule has 1 aliphatic carbocycles. The third kappa shape index (κ3) is 4.92. The van der Waals surface area contributed by atoms with Gasteiger partial charge in [0.05, 0.1) is 6.61 Å². The van der Waals surface area contributed by atoms with Crippen LogP contribution in [0.1, 0.15) is 58.8 Å². The average Bonchev–Trinajstić information content (AvgIpc) is 3.25. The number of sulfonamides is 1. The molecule has 31 heavy (non-hydrogen) atoms. The number of ether oxygens (including phenoxy) is 1. The second-order valence-corrected chi connectivity index (χ2v) is 12.1. The van der Waals surface area contributed by atoms with Gasteiger partial charge in [0.15, 0.2) is 0 Å². The van der Waals surface area contributed by atoms with Crippen LogP contribution in [0.4, 0.5) is 0 Å². The molecule has 2 fully saturated rings. The number of piperidine rings is 1. The van der Waals surface area contributed by atoms with E-state index < -0.39 is 10.0 Å². The van der Waals surface area contributed by atoms with Gasteiger partial charge < -0.3 is 9.64 Å². The highest BCUT2D eigenvalue weighted by atomic mass is 32.2. The van der Waals surface area contributed by atoms with Crippen molar-refractivity contribution in [2.75, 3.05) is 32.8 Å². The number of hydrogen-bond acceptors (Lipinski definition) is 4. The van der Waals surface area contributed by atoms with E-state index in [0.29, 0.717) is 56.8 Å². The first-order valence-electron chi connectivity index (χ1n) is 11.8. The molecular weight excluding hydrogens is 412 g/mol. The highest BCUT2D eigenvalue weighted by molar-refractivity contribution is 7.89. The fourth-order valence-electron chi connectivity index (χ4n) is 5.31. The summed E-state index contributed by atoms with van der Waals surface area (Å²) in [5.41, 5.74) is -0.256. The van der Waals surface area contributed by atoms with Gasteiger partial charge in [-0.3, -0.25) is 4.79 Å². The molecule has 0 atom stereocenters. The van der Waals surface area contributed by atoms with E-state index in [9.17, 15) is 13.2 Å². The molecule has 0 bridgehead atoms. The normalized spacial score (nSPS) is 23.9. The topological polar surface area (TPSA) is 66.9 Å². The molecule has 1 saturated carbocycles. The van der Waals surface area contributed by atoms with Crippen LogP contribution in [0.15, 0.2) is 29.2 Å². The molecule has 1 saturated heterocycles. The van der Waals surface area contributed by atoms with Crippen molar-refractivity contribution in [3.05, 3.63) is 24.3 Å². The molecule has 0 N–H and O–H groups in total. The summed E-state index contributed by atoms with van der Waals surface area (Å²) in [5, 5.41) is 0. The number of amides is 1. The van der Waals surface area contributed by atoms with E-state index in [1.54, 1.807) is 22.5 Å². The molecule has 7 heteroatoms. The fourth-order valence-corrected chi connectivity index (χ4v) is 7.07. The van der Waals surface area contributed by atoms with Crippen molar-refractivity contribution in [3.63, 3.8) is 0 Å². The molecule has 1 amide bonds. The lowest BCUT2D eigenvalue weighted by Crippen LogP contribution is -2.53. The number of carbonyl (C=O) groups is 1. The Labute approximate surface area is 187 Å². The van der Waals surface area contributed by atoms with Crippen LogP contribution >= 0.6 is 0 Å². The Morgan fingerprint density at radius 2 is 1.84 bits per heavy atom. The number of likely N-dealkylation sites (tertiary alicyclic amines) is 1. The molecular formula is C24H36N2O4S. The standard InChI is InChI=1S/C24H36N2O4S/c1-19(2)15-23(27)25-13-11-24(12-14-25)17-26(16-20-7-3-4-8-20)31(28,29)22-10-6-5-9-21(22)30-18-24/h5-6,9-10,19-20H,3-4,7-8,11-18H2,1-2H3. The van der Waals surface area contributed by atoms with E-state index >= 15 is 0 Å². The van der Waals surface area contributed by atoms with Crippen molar-refractivity contribution >= 4 is 15.9 Å². The molecule has 0 unspecified atom stereocenters. The van der Waals surface area contributed by atoms with E-state index in [2.05, 4.69) is 13.8 Å². The van der Waals surface area contributed by atoms with Gasteiger partial charge in [-0.25, -0.2) is 8.42 Å². The zero-order chi connectivity index (χ0) is 22.1. The van der Waals surface area contributed by atoms with E-state index in [0.717, 1.165) is 25.7 Å². The van der Waals surface area contributed by atoms with Crippen molar-refractivity contribution in [2.45, 2.75) is 63.7 Å². The third-order valence-corrected chi connectivity index (χ3v) is 9.06. The van der Waals surface area contributed by atoms with Crippen LogP contribution in [0.3, 0.4) is 0 Å². The van der Waals surface area contributed by atoms with Gasteiger partial charge in [0.2, 0.25) is 15.9 Å². The molecule has 3 aliphatic rings. The fraction of sp³-hybridized carbons (Fsp3) is 0.708. The number of carbonyl (C=O) groups excluding carboxylic acids is 1. The van der Waals surface area contributed by atoms with Gasteiger partial charge >= 0.3 is 0 Å². The summed E-state index contributed by atoms with van der Waals surface area (Å²) in [6.07, 6.45) is 6.71. The maximum atomic E-state index is 13.7. The summed E-state index contributed by atoms with van der Waals surface area (Å²) in [7, 11) is -3.62. The number of fused-ring (bicyclic) bond motifs is 1. The number of nitrogens with zero attached hydrogens (tertiary/aromatic N) is 2. The lowest BCUT2D eigenvalue weighted by Gasteiger charge is -2.45. The quantitative estimate of drug-likeness (QED) is 0.700. The second kappa shape index (κ2) is 9.10. The maximum Gasteiger partial charge on any atom is 0.246 e. The summed E-state index contributed by atoms with van der Waals surface area (Å²) in [6.45, 7) is 7.04. The van der Waals surface area contributed by atoms with E-state index in [-0.39, 0.29) is 16.2 Å². The van der Waals surface area contributed by atoms with E-state index in [1.165, 1.54) is 12.8 Å². The van der Waals surface area contributed by atoms with Crippen LogP contribution in [-0.4, -0.2) is 56.3 Å². The average molecular weight is 449 g/mol. The minimum Gasteiger partial charge on any atom is -0.492 e. The first-order chi connectivity index (χ1) is 14.8. The molecule has 2 heterocycles. The summed E-state index contributed by atoms with van der Waals surface area (Å²) in [6, 6.07) is 7.03. The molecule has 1 aromatic rings. The predicted molar refractivity (Wildman–Crippen MR) is 120 cm³/mol. The lowest BCUT2D eigenvalue weighted by atomic mass is 9.78. The van der Waals surface area contributed by atoms with Crippen LogP contribution in [0, 0.1) is 17.3 Å². The first-order valence-corrected chi connectivity index (χ1v) is 13.2. The van der Waals surface area contributed by atoms with Crippen molar-refractivity contribution in [2.24, 2.45) is 17.3 Å². The smallest absolute Gasteiger partial charge is 0.246 e. The zero-order valence-electron chi connectivity index (χ0n) is 18.9. The molecule has 0 aromatic heterocycles. The minimum atomic E-state index is -3.62. The molecule has 0 radical (unpaired) electrons. The minimum absolute atomic E-state index is 0.206. The van der Waals surface area contributed by atoms with Crippen molar-refractivity contribution in [1.29, 1.82) is 0 Å². The van der Waals surface area contributed by atoms with Crippen molar-refractivity contribution in [3.8, 4) is 5.75 Å². The Hall–Kier alpha value is -1.60. The second-order valence-electron chi connectivity index (χ2n) is 10.2. The molecule has 4 rings (SSSR count). The van der Waals surface area contributed by atoms with Gasteiger partial charge in [0.25, 0.3) is 0 Å². The molecule has 1 aromatic carbocycles. The Balaban J connectivity index is 1.58. The third-order valence-electron chi connectivity index (χ3n) is 7.21. The van der Waals surface area contributed by atoms with E-state index in [4.69, 9.17) is 4.74 Å².